The van der Waals surface area contributed by atoms with Gasteiger partial charge in [0, 0.05) is 22.6 Å². The molecule has 36 heavy (non-hydrogen) atoms. The molecule has 0 saturated heterocycles. The molecule has 1 atom stereocenters. The summed E-state index contributed by atoms with van der Waals surface area (Å²) in [5.74, 6) is -0.191. The molecule has 0 saturated carbocycles. The third kappa shape index (κ3) is 8.12. The van der Waals surface area contributed by atoms with Gasteiger partial charge in [-0.3, -0.25) is 13.9 Å². The molecule has 9 nitrogen and oxygen atoms in total. The Morgan fingerprint density at radius 1 is 1.06 bits per heavy atom. The fourth-order valence-electron chi connectivity index (χ4n) is 3.43. The predicted molar refractivity (Wildman–Crippen MR) is 144 cm³/mol. The van der Waals surface area contributed by atoms with E-state index in [1.54, 1.807) is 13.0 Å². The van der Waals surface area contributed by atoms with Crippen LogP contribution in [-0.4, -0.2) is 63.7 Å². The van der Waals surface area contributed by atoms with Gasteiger partial charge in [0.1, 0.15) is 24.1 Å². The summed E-state index contributed by atoms with van der Waals surface area (Å²) in [6, 6.07) is 11.1. The Morgan fingerprint density at radius 3 is 2.17 bits per heavy atom. The number of benzene rings is 2. The second-order valence-electron chi connectivity index (χ2n) is 9.37. The third-order valence-electron chi connectivity index (χ3n) is 5.27. The lowest BCUT2D eigenvalue weighted by Gasteiger charge is -2.33. The van der Waals surface area contributed by atoms with E-state index in [0.29, 0.717) is 5.75 Å². The molecule has 1 N–H and O–H groups in total. The Bertz CT molecular complexity index is 1180. The first-order valence-electron chi connectivity index (χ1n) is 11.2. The van der Waals surface area contributed by atoms with Crippen molar-refractivity contribution in [3.05, 3.63) is 52.5 Å². The van der Waals surface area contributed by atoms with Crippen molar-refractivity contribution in [3.63, 3.8) is 0 Å². The summed E-state index contributed by atoms with van der Waals surface area (Å²) < 4.78 is 38.0. The summed E-state index contributed by atoms with van der Waals surface area (Å²) in [7, 11) is -1.01. The average molecular weight is 585 g/mol. The molecular weight excluding hydrogens is 550 g/mol. The molecule has 0 aliphatic carbocycles. The predicted octanol–water partition coefficient (Wildman–Crippen LogP) is 3.56. The van der Waals surface area contributed by atoms with E-state index in [2.05, 4.69) is 21.2 Å². The number of hydrogen-bond acceptors (Lipinski definition) is 6. The van der Waals surface area contributed by atoms with Crippen LogP contribution in [0.5, 0.6) is 11.5 Å². The lowest BCUT2D eigenvalue weighted by molar-refractivity contribution is -0.140. The van der Waals surface area contributed by atoms with Crippen molar-refractivity contribution in [2.24, 2.45) is 0 Å². The number of hydrogen-bond donors (Lipinski definition) is 1. The molecule has 0 spiro atoms. The van der Waals surface area contributed by atoms with Gasteiger partial charge >= 0.3 is 0 Å². The minimum Gasteiger partial charge on any atom is -0.497 e. The molecule has 0 bridgehead atoms. The van der Waals surface area contributed by atoms with Crippen molar-refractivity contribution in [2.75, 3.05) is 31.3 Å². The lowest BCUT2D eigenvalue weighted by Crippen LogP contribution is -2.54. The molecule has 0 fully saturated rings. The largest absolute Gasteiger partial charge is 0.497 e. The van der Waals surface area contributed by atoms with Gasteiger partial charge in [-0.25, -0.2) is 8.42 Å². The van der Waals surface area contributed by atoms with E-state index < -0.39 is 34.1 Å². The first-order chi connectivity index (χ1) is 16.7. The number of ether oxygens (including phenoxy) is 2. The summed E-state index contributed by atoms with van der Waals surface area (Å²) in [5, 5.41) is 2.89. The van der Waals surface area contributed by atoms with Gasteiger partial charge in [0.2, 0.25) is 21.8 Å². The van der Waals surface area contributed by atoms with Crippen LogP contribution in [0.3, 0.4) is 0 Å². The van der Waals surface area contributed by atoms with E-state index in [0.717, 1.165) is 20.6 Å². The highest BCUT2D eigenvalue weighted by atomic mass is 79.9. The van der Waals surface area contributed by atoms with Gasteiger partial charge in [-0.1, -0.05) is 28.1 Å². The summed E-state index contributed by atoms with van der Waals surface area (Å²) in [6.07, 6.45) is 1.01. The number of amides is 2. The van der Waals surface area contributed by atoms with E-state index in [4.69, 9.17) is 9.47 Å². The zero-order chi connectivity index (χ0) is 27.3. The zero-order valence-electron chi connectivity index (χ0n) is 21.7. The number of nitrogens with one attached hydrogen (secondary N) is 1. The van der Waals surface area contributed by atoms with Crippen molar-refractivity contribution in [3.8, 4) is 11.5 Å². The molecule has 198 valence electrons. The second kappa shape index (κ2) is 12.0. The van der Waals surface area contributed by atoms with Crippen LogP contribution in [0.15, 0.2) is 46.9 Å². The molecule has 11 heteroatoms. The van der Waals surface area contributed by atoms with Crippen LogP contribution in [0.1, 0.15) is 33.3 Å². The number of anilines is 1. The highest BCUT2D eigenvalue weighted by Crippen LogP contribution is 2.33. The summed E-state index contributed by atoms with van der Waals surface area (Å²) in [6.45, 7) is 6.75. The molecule has 0 aliphatic rings. The van der Waals surface area contributed by atoms with Gasteiger partial charge in [-0.15, -0.1) is 0 Å². The van der Waals surface area contributed by atoms with E-state index in [9.17, 15) is 18.0 Å². The summed E-state index contributed by atoms with van der Waals surface area (Å²) in [4.78, 5) is 28.0. The van der Waals surface area contributed by atoms with Crippen LogP contribution in [0.2, 0.25) is 0 Å². The highest BCUT2D eigenvalue weighted by Gasteiger charge is 2.32. The van der Waals surface area contributed by atoms with Crippen molar-refractivity contribution in [1.29, 1.82) is 0 Å². The Kier molecular flexibility index (Phi) is 9.78. The Balaban J connectivity index is 2.47. The minimum absolute atomic E-state index is 0.113. The van der Waals surface area contributed by atoms with Crippen LogP contribution < -0.4 is 19.1 Å². The van der Waals surface area contributed by atoms with Crippen molar-refractivity contribution >= 4 is 43.5 Å². The summed E-state index contributed by atoms with van der Waals surface area (Å²) in [5.41, 5.74) is 0.465. The molecule has 2 rings (SSSR count). The van der Waals surface area contributed by atoms with E-state index in [-0.39, 0.29) is 23.9 Å². The van der Waals surface area contributed by atoms with Crippen LogP contribution >= 0.6 is 15.9 Å². The van der Waals surface area contributed by atoms with Crippen molar-refractivity contribution < 1.29 is 27.5 Å². The van der Waals surface area contributed by atoms with Crippen LogP contribution in [0.4, 0.5) is 5.69 Å². The molecule has 2 amide bonds. The first-order valence-corrected chi connectivity index (χ1v) is 13.9. The molecule has 0 aromatic heterocycles. The van der Waals surface area contributed by atoms with Gasteiger partial charge in [0.05, 0.1) is 26.2 Å². The molecule has 0 radical (unpaired) electrons. The normalized spacial score (nSPS) is 12.4. The molecular formula is C25H34BrN3O6S. The minimum atomic E-state index is -3.89. The smallest absolute Gasteiger partial charge is 0.244 e. The maximum atomic E-state index is 13.6. The Labute approximate surface area is 221 Å². The molecule has 1 unspecified atom stereocenters. The SMILES string of the molecule is COc1ccc(N(CC(=O)N(Cc2ccc(Br)cc2)C(C)C(=O)NC(C)(C)C)S(C)(=O)=O)c(OC)c1. The number of sulfonamides is 1. The quantitative estimate of drug-likeness (QED) is 0.458. The number of rotatable bonds is 10. The topological polar surface area (TPSA) is 105 Å². The van der Waals surface area contributed by atoms with E-state index in [1.165, 1.54) is 31.3 Å². The number of carbonyl (C=O) groups is 2. The van der Waals surface area contributed by atoms with E-state index >= 15 is 0 Å². The summed E-state index contributed by atoms with van der Waals surface area (Å²) >= 11 is 3.39. The average Bonchev–Trinajstić information content (AvgIpc) is 2.79. The maximum absolute atomic E-state index is 13.6. The van der Waals surface area contributed by atoms with Crippen molar-refractivity contribution in [1.82, 2.24) is 10.2 Å². The Morgan fingerprint density at radius 2 is 1.67 bits per heavy atom. The highest BCUT2D eigenvalue weighted by molar-refractivity contribution is 9.10. The van der Waals surface area contributed by atoms with Crippen LogP contribution in [0, 0.1) is 0 Å². The monoisotopic (exact) mass is 583 g/mol. The van der Waals surface area contributed by atoms with Crippen molar-refractivity contribution in [2.45, 2.75) is 45.8 Å². The van der Waals surface area contributed by atoms with Crippen LogP contribution in [-0.2, 0) is 26.2 Å². The van der Waals surface area contributed by atoms with Gasteiger partial charge < -0.3 is 19.7 Å². The molecule has 0 aliphatic heterocycles. The zero-order valence-corrected chi connectivity index (χ0v) is 24.1. The lowest BCUT2D eigenvalue weighted by atomic mass is 10.1. The maximum Gasteiger partial charge on any atom is 0.244 e. The van der Waals surface area contributed by atoms with E-state index in [1.807, 2.05) is 45.0 Å². The molecule has 2 aromatic rings. The number of nitrogens with zero attached hydrogens (tertiary/aromatic N) is 2. The van der Waals surface area contributed by atoms with Crippen LogP contribution in [0.25, 0.3) is 0 Å². The molecule has 0 heterocycles. The van der Waals surface area contributed by atoms with Gasteiger partial charge in [-0.05, 0) is 57.5 Å². The molecule has 2 aromatic carbocycles. The standard InChI is InChI=1S/C25H34BrN3O6S/c1-17(24(31)27-25(2,3)4)28(15-18-8-10-19(26)11-9-18)23(30)16-29(36(7,32)33)21-13-12-20(34-5)14-22(21)35-6/h8-14,17H,15-16H2,1-7H3,(H,27,31). The van der Waals surface area contributed by atoms with Gasteiger partial charge in [-0.2, -0.15) is 0 Å². The third-order valence-corrected chi connectivity index (χ3v) is 6.92. The Hall–Kier alpha value is -2.79. The number of carbonyl (C=O) groups excluding carboxylic acids is 2. The number of halogens is 1. The van der Waals surface area contributed by atoms with Gasteiger partial charge in [0.15, 0.2) is 0 Å². The fraction of sp³-hybridized carbons (Fsp3) is 0.440. The number of methoxy groups -OCH3 is 2. The second-order valence-corrected chi connectivity index (χ2v) is 12.2. The fourth-order valence-corrected chi connectivity index (χ4v) is 4.55. The first kappa shape index (κ1) is 29.4. The van der Waals surface area contributed by atoms with Gasteiger partial charge in [0.25, 0.3) is 0 Å².